The molecule has 0 unspecified atom stereocenters. The zero-order chi connectivity index (χ0) is 16.1. The second-order valence-electron chi connectivity index (χ2n) is 5.03. The van der Waals surface area contributed by atoms with Crippen LogP contribution in [-0.4, -0.2) is 26.3 Å². The molecular weight excluding hydrogens is 294 g/mol. The molecule has 2 N–H and O–H groups in total. The predicted octanol–water partition coefficient (Wildman–Crippen LogP) is 2.68. The number of benzene rings is 1. The number of hydrogen-bond donors (Lipinski definition) is 2. The quantitative estimate of drug-likeness (QED) is 0.731. The van der Waals surface area contributed by atoms with Crippen LogP contribution in [0, 0.1) is 0 Å². The Hall–Kier alpha value is -3.15. The molecule has 3 rings (SSSR count). The Labute approximate surface area is 132 Å². The maximum absolute atomic E-state index is 10.6. The van der Waals surface area contributed by atoms with Crippen LogP contribution in [0.2, 0.25) is 0 Å². The first-order valence-corrected chi connectivity index (χ1v) is 7.09. The van der Waals surface area contributed by atoms with Gasteiger partial charge in [-0.3, -0.25) is 14.9 Å². The van der Waals surface area contributed by atoms with Crippen LogP contribution in [0.15, 0.2) is 54.9 Å². The SMILES string of the molecule is O=C(O)Cc1ccc(COc2ccc(-c3ccn[nH]3)nc2)cc1. The van der Waals surface area contributed by atoms with Crippen molar-refractivity contribution in [2.24, 2.45) is 0 Å². The summed E-state index contributed by atoms with van der Waals surface area (Å²) in [6.45, 7) is 0.401. The van der Waals surface area contributed by atoms with Gasteiger partial charge in [0, 0.05) is 6.20 Å². The molecular formula is C17H15N3O3. The summed E-state index contributed by atoms with van der Waals surface area (Å²) in [4.78, 5) is 15.0. The van der Waals surface area contributed by atoms with Gasteiger partial charge >= 0.3 is 5.97 Å². The van der Waals surface area contributed by atoms with Crippen LogP contribution in [-0.2, 0) is 17.8 Å². The van der Waals surface area contributed by atoms with Gasteiger partial charge in [-0.2, -0.15) is 5.10 Å². The third-order valence-electron chi connectivity index (χ3n) is 3.30. The highest BCUT2D eigenvalue weighted by Crippen LogP contribution is 2.18. The lowest BCUT2D eigenvalue weighted by Crippen LogP contribution is -2.01. The summed E-state index contributed by atoms with van der Waals surface area (Å²) >= 11 is 0. The molecule has 0 bridgehead atoms. The first-order chi connectivity index (χ1) is 11.2. The first-order valence-electron chi connectivity index (χ1n) is 7.09. The van der Waals surface area contributed by atoms with Gasteiger partial charge < -0.3 is 9.84 Å². The fraction of sp³-hybridized carbons (Fsp3) is 0.118. The van der Waals surface area contributed by atoms with E-state index in [0.29, 0.717) is 12.4 Å². The number of H-pyrrole nitrogens is 1. The number of nitrogens with one attached hydrogen (secondary N) is 1. The lowest BCUT2D eigenvalue weighted by atomic mass is 10.1. The van der Waals surface area contributed by atoms with Crippen molar-refractivity contribution in [1.29, 1.82) is 0 Å². The van der Waals surface area contributed by atoms with Crippen LogP contribution >= 0.6 is 0 Å². The molecule has 6 nitrogen and oxygen atoms in total. The number of aromatic nitrogens is 3. The molecule has 0 saturated carbocycles. The number of carboxylic acids is 1. The molecule has 0 aliphatic heterocycles. The predicted molar refractivity (Wildman–Crippen MR) is 83.9 cm³/mol. The van der Waals surface area contributed by atoms with E-state index >= 15 is 0 Å². The van der Waals surface area contributed by atoms with Crippen molar-refractivity contribution in [3.8, 4) is 17.1 Å². The van der Waals surface area contributed by atoms with E-state index in [1.807, 2.05) is 30.3 Å². The number of carboxylic acid groups (broad SMARTS) is 1. The van der Waals surface area contributed by atoms with Crippen LogP contribution in [0.5, 0.6) is 5.75 Å². The minimum atomic E-state index is -0.836. The minimum absolute atomic E-state index is 0.0279. The topological polar surface area (TPSA) is 88.1 Å². The summed E-state index contributed by atoms with van der Waals surface area (Å²) in [5, 5.41) is 15.5. The largest absolute Gasteiger partial charge is 0.487 e. The molecule has 23 heavy (non-hydrogen) atoms. The molecule has 0 amide bonds. The zero-order valence-corrected chi connectivity index (χ0v) is 12.3. The van der Waals surface area contributed by atoms with Crippen LogP contribution in [0.25, 0.3) is 11.4 Å². The van der Waals surface area contributed by atoms with E-state index in [9.17, 15) is 4.79 Å². The van der Waals surface area contributed by atoms with E-state index in [2.05, 4.69) is 15.2 Å². The number of ether oxygens (including phenoxy) is 1. The van der Waals surface area contributed by atoms with Crippen LogP contribution < -0.4 is 4.74 Å². The molecule has 0 aliphatic rings. The standard InChI is InChI=1S/C17H15N3O3/c21-17(22)9-12-1-3-13(4-2-12)11-23-14-5-6-15(18-10-14)16-7-8-19-20-16/h1-8,10H,9,11H2,(H,19,20)(H,21,22). The van der Waals surface area contributed by atoms with E-state index in [0.717, 1.165) is 22.5 Å². The van der Waals surface area contributed by atoms with Gasteiger partial charge in [-0.1, -0.05) is 24.3 Å². The average molecular weight is 309 g/mol. The van der Waals surface area contributed by atoms with Crippen molar-refractivity contribution in [1.82, 2.24) is 15.2 Å². The number of nitrogens with zero attached hydrogens (tertiary/aromatic N) is 2. The number of aliphatic carboxylic acids is 1. The van der Waals surface area contributed by atoms with Gasteiger partial charge in [0.1, 0.15) is 12.4 Å². The highest BCUT2D eigenvalue weighted by atomic mass is 16.5. The summed E-state index contributed by atoms with van der Waals surface area (Å²) in [7, 11) is 0. The minimum Gasteiger partial charge on any atom is -0.487 e. The van der Waals surface area contributed by atoms with Crippen LogP contribution in [0.4, 0.5) is 0 Å². The molecule has 3 aromatic rings. The van der Waals surface area contributed by atoms with E-state index in [4.69, 9.17) is 9.84 Å². The summed E-state index contributed by atoms with van der Waals surface area (Å²) in [6.07, 6.45) is 3.37. The van der Waals surface area contributed by atoms with Crippen molar-refractivity contribution in [2.45, 2.75) is 13.0 Å². The highest BCUT2D eigenvalue weighted by molar-refractivity contribution is 5.70. The van der Waals surface area contributed by atoms with Gasteiger partial charge in [0.2, 0.25) is 0 Å². The molecule has 0 saturated heterocycles. The van der Waals surface area contributed by atoms with Crippen molar-refractivity contribution >= 4 is 5.97 Å². The lowest BCUT2D eigenvalue weighted by Gasteiger charge is -2.07. The molecule has 2 aromatic heterocycles. The van der Waals surface area contributed by atoms with Gasteiger partial charge in [0.15, 0.2) is 0 Å². The number of hydrogen-bond acceptors (Lipinski definition) is 4. The number of pyridine rings is 1. The number of aromatic amines is 1. The zero-order valence-electron chi connectivity index (χ0n) is 12.3. The summed E-state index contributed by atoms with van der Waals surface area (Å²) < 4.78 is 5.68. The van der Waals surface area contributed by atoms with Crippen molar-refractivity contribution in [3.05, 3.63) is 66.0 Å². The second-order valence-corrected chi connectivity index (χ2v) is 5.03. The van der Waals surface area contributed by atoms with Crippen LogP contribution in [0.1, 0.15) is 11.1 Å². The van der Waals surface area contributed by atoms with E-state index in [-0.39, 0.29) is 6.42 Å². The number of carbonyl (C=O) groups is 1. The Kier molecular flexibility index (Phi) is 4.33. The fourth-order valence-corrected chi connectivity index (χ4v) is 2.12. The maximum atomic E-state index is 10.6. The van der Waals surface area contributed by atoms with Gasteiger partial charge in [-0.15, -0.1) is 0 Å². The van der Waals surface area contributed by atoms with Gasteiger partial charge in [-0.25, -0.2) is 0 Å². The maximum Gasteiger partial charge on any atom is 0.307 e. The molecule has 1 aromatic carbocycles. The van der Waals surface area contributed by atoms with Gasteiger partial charge in [0.25, 0.3) is 0 Å². The van der Waals surface area contributed by atoms with Gasteiger partial charge in [-0.05, 0) is 29.3 Å². The van der Waals surface area contributed by atoms with E-state index in [1.54, 1.807) is 24.5 Å². The Morgan fingerprint density at radius 1 is 1.09 bits per heavy atom. The van der Waals surface area contributed by atoms with E-state index in [1.165, 1.54) is 0 Å². The Morgan fingerprint density at radius 3 is 2.48 bits per heavy atom. The lowest BCUT2D eigenvalue weighted by molar-refractivity contribution is -0.136. The molecule has 0 fully saturated rings. The van der Waals surface area contributed by atoms with E-state index < -0.39 is 5.97 Å². The van der Waals surface area contributed by atoms with Crippen molar-refractivity contribution < 1.29 is 14.6 Å². The normalized spacial score (nSPS) is 10.4. The molecule has 116 valence electrons. The third-order valence-corrected chi connectivity index (χ3v) is 3.30. The van der Waals surface area contributed by atoms with Crippen molar-refractivity contribution in [2.75, 3.05) is 0 Å². The molecule has 6 heteroatoms. The molecule has 0 radical (unpaired) electrons. The Bertz CT molecular complexity index is 766. The van der Waals surface area contributed by atoms with Gasteiger partial charge in [0.05, 0.1) is 24.0 Å². The summed E-state index contributed by atoms with van der Waals surface area (Å²) in [5.74, 6) is -0.166. The van der Waals surface area contributed by atoms with Crippen molar-refractivity contribution in [3.63, 3.8) is 0 Å². The number of rotatable bonds is 6. The average Bonchev–Trinajstić information content (AvgIpc) is 3.09. The molecule has 0 atom stereocenters. The fourth-order valence-electron chi connectivity index (χ4n) is 2.12. The Balaban J connectivity index is 1.58. The molecule has 0 aliphatic carbocycles. The molecule has 0 spiro atoms. The summed E-state index contributed by atoms with van der Waals surface area (Å²) in [6, 6.07) is 12.9. The monoisotopic (exact) mass is 309 g/mol. The first kappa shape index (κ1) is 14.8. The summed E-state index contributed by atoms with van der Waals surface area (Å²) in [5.41, 5.74) is 3.39. The Morgan fingerprint density at radius 2 is 1.87 bits per heavy atom. The molecule has 2 heterocycles. The highest BCUT2D eigenvalue weighted by Gasteiger charge is 2.03. The third kappa shape index (κ3) is 3.94. The smallest absolute Gasteiger partial charge is 0.307 e. The van der Waals surface area contributed by atoms with Crippen LogP contribution in [0.3, 0.4) is 0 Å². The second kappa shape index (κ2) is 6.74.